The number of nitrogens with one attached hydrogen (secondary N) is 2. The van der Waals surface area contributed by atoms with E-state index in [0.717, 1.165) is 0 Å². The van der Waals surface area contributed by atoms with E-state index >= 15 is 0 Å². The van der Waals surface area contributed by atoms with Gasteiger partial charge in [-0.1, -0.05) is 0 Å². The zero-order valence-corrected chi connectivity index (χ0v) is 20.8. The molecule has 0 fully saturated rings. The number of carbonyl (C=O) groups excluding carboxylic acids is 1. The average Bonchev–Trinajstić information content (AvgIpc) is 2.87. The first-order chi connectivity index (χ1) is 18.0. The van der Waals surface area contributed by atoms with Crippen molar-refractivity contribution in [1.82, 2.24) is 19.9 Å². The zero-order chi connectivity index (χ0) is 27.6. The van der Waals surface area contributed by atoms with Crippen LogP contribution in [0.25, 0.3) is 21.8 Å². The maximum absolute atomic E-state index is 13.0. The van der Waals surface area contributed by atoms with E-state index in [1.54, 1.807) is 19.1 Å². The summed E-state index contributed by atoms with van der Waals surface area (Å²) in [5, 5.41) is 2.99. The number of halogens is 4. The Bertz CT molecular complexity index is 1590. The lowest BCUT2D eigenvalue weighted by atomic mass is 10.1. The molecule has 2 N–H and O–H groups in total. The number of hydrogen-bond donors (Lipinski definition) is 2. The van der Waals surface area contributed by atoms with Crippen LogP contribution in [0.5, 0.6) is 23.0 Å². The minimum atomic E-state index is -5.32. The van der Waals surface area contributed by atoms with Gasteiger partial charge in [0.15, 0.2) is 11.5 Å². The highest BCUT2D eigenvalue weighted by atomic mass is 35.5. The first-order valence-electron chi connectivity index (χ1n) is 10.8. The van der Waals surface area contributed by atoms with Gasteiger partial charge in [-0.15, -0.1) is 11.6 Å². The maximum Gasteiger partial charge on any atom is 0.491 e. The highest BCUT2D eigenvalue weighted by Crippen LogP contribution is 2.36. The number of anilines is 2. The molecular formula is C23H19ClF3N5O6. The number of methoxy groups -OCH3 is 2. The lowest BCUT2D eigenvalue weighted by Crippen LogP contribution is -2.28. The Labute approximate surface area is 216 Å². The molecule has 0 aliphatic carbocycles. The molecule has 4 rings (SSSR count). The second kappa shape index (κ2) is 10.6. The number of aromatic amines is 1. The summed E-state index contributed by atoms with van der Waals surface area (Å²) in [4.78, 5) is 39.9. The van der Waals surface area contributed by atoms with E-state index < -0.39 is 28.8 Å². The van der Waals surface area contributed by atoms with Crippen molar-refractivity contribution >= 4 is 51.3 Å². The fraction of sp³-hybridized carbons (Fsp3) is 0.261. The van der Waals surface area contributed by atoms with Crippen LogP contribution >= 0.6 is 11.6 Å². The molecule has 2 aromatic heterocycles. The second-order valence-corrected chi connectivity index (χ2v) is 7.99. The van der Waals surface area contributed by atoms with Gasteiger partial charge in [0, 0.05) is 11.5 Å². The number of rotatable bonds is 8. The van der Waals surface area contributed by atoms with Crippen LogP contribution in [0.1, 0.15) is 5.69 Å². The molecular weight excluding hydrogens is 535 g/mol. The molecule has 0 saturated carbocycles. The minimum Gasteiger partial charge on any atom is -0.497 e. The number of carbonyl (C=O) groups is 1. The van der Waals surface area contributed by atoms with Crippen molar-refractivity contribution in [3.05, 3.63) is 40.3 Å². The van der Waals surface area contributed by atoms with Crippen molar-refractivity contribution in [3.63, 3.8) is 0 Å². The highest BCUT2D eigenvalue weighted by Gasteiger charge is 2.42. The number of nitrogens with zero attached hydrogens (tertiary/aromatic N) is 3. The third-order valence-corrected chi connectivity index (χ3v) is 5.32. The molecule has 200 valence electrons. The van der Waals surface area contributed by atoms with Gasteiger partial charge < -0.3 is 18.9 Å². The first-order valence-corrected chi connectivity index (χ1v) is 11.3. The van der Waals surface area contributed by atoms with Crippen LogP contribution in [-0.4, -0.2) is 58.8 Å². The summed E-state index contributed by atoms with van der Waals surface area (Å²) in [6.07, 6.45) is -5.32. The van der Waals surface area contributed by atoms with Gasteiger partial charge >= 0.3 is 12.1 Å². The number of benzene rings is 2. The van der Waals surface area contributed by atoms with Crippen LogP contribution in [0.4, 0.5) is 25.1 Å². The largest absolute Gasteiger partial charge is 0.497 e. The van der Waals surface area contributed by atoms with Gasteiger partial charge in [-0.05, 0) is 25.1 Å². The van der Waals surface area contributed by atoms with E-state index in [-0.39, 0.29) is 35.6 Å². The van der Waals surface area contributed by atoms with Crippen molar-refractivity contribution in [2.24, 2.45) is 0 Å². The first kappa shape index (κ1) is 26.7. The SMILES string of the molecule is COc1cc(OC)c2nc(Nc3nc4ccc(OCCCl)c(OC(=O)C(F)(F)F)c4c(=O)[nH]3)nc(C)c2c1. The van der Waals surface area contributed by atoms with Crippen LogP contribution < -0.4 is 29.8 Å². The quantitative estimate of drug-likeness (QED) is 0.187. The molecule has 0 radical (unpaired) electrons. The van der Waals surface area contributed by atoms with E-state index in [2.05, 4.69) is 30.0 Å². The Balaban J connectivity index is 1.79. The standard InChI is InChI=1S/C23H19ClF3N5O6/c1-10-12-8-11(35-2)9-15(36-3)17(12)30-21(28-10)32-22-29-13-4-5-14(37-7-6-24)18(16(13)19(33)31-22)38-20(34)23(25,26)27/h4-5,8-9H,6-7H2,1-3H3,(H2,28,29,30,31,32,33). The van der Waals surface area contributed by atoms with Gasteiger partial charge in [-0.3, -0.25) is 15.1 Å². The van der Waals surface area contributed by atoms with E-state index in [0.29, 0.717) is 28.1 Å². The number of ether oxygens (including phenoxy) is 4. The molecule has 2 aromatic carbocycles. The molecule has 38 heavy (non-hydrogen) atoms. The normalized spacial score (nSPS) is 11.4. The molecule has 0 unspecified atom stereocenters. The summed E-state index contributed by atoms with van der Waals surface area (Å²) >= 11 is 5.58. The zero-order valence-electron chi connectivity index (χ0n) is 20.0. The Morgan fingerprint density at radius 3 is 2.53 bits per heavy atom. The maximum atomic E-state index is 13.0. The molecule has 0 spiro atoms. The predicted octanol–water partition coefficient (Wildman–Crippen LogP) is 4.02. The third-order valence-electron chi connectivity index (χ3n) is 5.17. The summed E-state index contributed by atoms with van der Waals surface area (Å²) in [6.45, 7) is 1.61. The summed E-state index contributed by atoms with van der Waals surface area (Å²) < 4.78 is 59.1. The third kappa shape index (κ3) is 5.34. The average molecular weight is 554 g/mol. The van der Waals surface area contributed by atoms with Crippen LogP contribution in [0.3, 0.4) is 0 Å². The number of esters is 1. The van der Waals surface area contributed by atoms with Gasteiger partial charge in [-0.25, -0.2) is 19.7 Å². The summed E-state index contributed by atoms with van der Waals surface area (Å²) in [6, 6.07) is 5.90. The monoisotopic (exact) mass is 553 g/mol. The van der Waals surface area contributed by atoms with Gasteiger partial charge in [0.25, 0.3) is 5.56 Å². The smallest absolute Gasteiger partial charge is 0.491 e. The van der Waals surface area contributed by atoms with E-state index in [1.807, 2.05) is 0 Å². The molecule has 2 heterocycles. The lowest BCUT2D eigenvalue weighted by Gasteiger charge is -2.15. The lowest BCUT2D eigenvalue weighted by molar-refractivity contribution is -0.189. The van der Waals surface area contributed by atoms with Crippen molar-refractivity contribution in [2.75, 3.05) is 32.0 Å². The Morgan fingerprint density at radius 1 is 1.11 bits per heavy atom. The predicted molar refractivity (Wildman–Crippen MR) is 131 cm³/mol. The van der Waals surface area contributed by atoms with Gasteiger partial charge in [0.2, 0.25) is 11.9 Å². The number of H-pyrrole nitrogens is 1. The fourth-order valence-electron chi connectivity index (χ4n) is 3.52. The molecule has 0 amide bonds. The molecule has 4 aromatic rings. The Hall–Kier alpha value is -4.33. The number of fused-ring (bicyclic) bond motifs is 2. The van der Waals surface area contributed by atoms with Crippen molar-refractivity contribution in [2.45, 2.75) is 13.1 Å². The Kier molecular flexibility index (Phi) is 7.44. The van der Waals surface area contributed by atoms with Crippen molar-refractivity contribution in [1.29, 1.82) is 0 Å². The molecule has 0 bridgehead atoms. The number of aromatic nitrogens is 4. The number of alkyl halides is 4. The summed E-state index contributed by atoms with van der Waals surface area (Å²) in [5.74, 6) is -2.71. The van der Waals surface area contributed by atoms with Gasteiger partial charge in [-0.2, -0.15) is 13.2 Å². The number of hydrogen-bond acceptors (Lipinski definition) is 10. The van der Waals surface area contributed by atoms with E-state index in [1.165, 1.54) is 26.4 Å². The van der Waals surface area contributed by atoms with E-state index in [4.69, 9.17) is 25.8 Å². The molecule has 0 saturated heterocycles. The minimum absolute atomic E-state index is 0.00903. The second-order valence-electron chi connectivity index (χ2n) is 7.61. The Morgan fingerprint density at radius 2 is 1.87 bits per heavy atom. The fourth-order valence-corrected chi connectivity index (χ4v) is 3.59. The van der Waals surface area contributed by atoms with Crippen molar-refractivity contribution in [3.8, 4) is 23.0 Å². The van der Waals surface area contributed by atoms with Crippen LogP contribution in [0, 0.1) is 6.92 Å². The van der Waals surface area contributed by atoms with Gasteiger partial charge in [0.1, 0.15) is 29.0 Å². The summed E-state index contributed by atoms with van der Waals surface area (Å²) in [5.41, 5.74) is -0.00737. The van der Waals surface area contributed by atoms with E-state index in [9.17, 15) is 22.8 Å². The van der Waals surface area contributed by atoms with Crippen LogP contribution in [-0.2, 0) is 4.79 Å². The number of aryl methyl sites for hydroxylation is 1. The van der Waals surface area contributed by atoms with Crippen LogP contribution in [0.2, 0.25) is 0 Å². The topological polar surface area (TPSA) is 138 Å². The molecule has 0 aliphatic rings. The van der Waals surface area contributed by atoms with Crippen LogP contribution in [0.15, 0.2) is 29.1 Å². The molecule has 0 aliphatic heterocycles. The van der Waals surface area contributed by atoms with Gasteiger partial charge in [0.05, 0.1) is 31.3 Å². The summed E-state index contributed by atoms with van der Waals surface area (Å²) in [7, 11) is 2.98. The molecule has 0 atom stereocenters. The molecule has 15 heteroatoms. The highest BCUT2D eigenvalue weighted by molar-refractivity contribution is 6.18. The van der Waals surface area contributed by atoms with Crippen molar-refractivity contribution < 1.29 is 36.9 Å². The molecule has 11 nitrogen and oxygen atoms in total.